The van der Waals surface area contributed by atoms with E-state index in [9.17, 15) is 4.79 Å². The van der Waals surface area contributed by atoms with E-state index in [4.69, 9.17) is 0 Å². The molecule has 1 aromatic heterocycles. The number of carbonyl (C=O) groups excluding carboxylic acids is 1. The molecule has 1 amide bonds. The van der Waals surface area contributed by atoms with Gasteiger partial charge in [0.25, 0.3) is 0 Å². The summed E-state index contributed by atoms with van der Waals surface area (Å²) in [6.45, 7) is 3.52. The summed E-state index contributed by atoms with van der Waals surface area (Å²) in [5, 5.41) is 6.84. The lowest BCUT2D eigenvalue weighted by molar-refractivity contribution is -0.121. The predicted octanol–water partition coefficient (Wildman–Crippen LogP) is 3.99. The SMILES string of the molecule is CC1CCCCC1NC[C@H]1CC[C@H](C(=O)Nc2ccncc2)CC1. The van der Waals surface area contributed by atoms with E-state index in [-0.39, 0.29) is 11.8 Å². The second kappa shape index (κ2) is 8.61. The molecule has 2 atom stereocenters. The molecule has 0 bridgehead atoms. The summed E-state index contributed by atoms with van der Waals surface area (Å²) in [6.07, 6.45) is 13.3. The minimum Gasteiger partial charge on any atom is -0.326 e. The zero-order valence-electron chi connectivity index (χ0n) is 14.8. The molecule has 2 unspecified atom stereocenters. The summed E-state index contributed by atoms with van der Waals surface area (Å²) in [5.41, 5.74) is 0.852. The highest BCUT2D eigenvalue weighted by molar-refractivity contribution is 5.92. The van der Waals surface area contributed by atoms with Crippen molar-refractivity contribution >= 4 is 11.6 Å². The number of pyridine rings is 1. The third-order valence-corrected chi connectivity index (χ3v) is 5.95. The summed E-state index contributed by atoms with van der Waals surface area (Å²) in [7, 11) is 0. The van der Waals surface area contributed by atoms with Crippen molar-refractivity contribution in [3.8, 4) is 0 Å². The summed E-state index contributed by atoms with van der Waals surface area (Å²) in [4.78, 5) is 16.4. The molecule has 2 saturated carbocycles. The quantitative estimate of drug-likeness (QED) is 0.858. The van der Waals surface area contributed by atoms with Crippen molar-refractivity contribution in [3.63, 3.8) is 0 Å². The molecule has 0 spiro atoms. The van der Waals surface area contributed by atoms with Crippen LogP contribution in [-0.4, -0.2) is 23.5 Å². The Morgan fingerprint density at radius 1 is 1.08 bits per heavy atom. The fourth-order valence-electron chi connectivity index (χ4n) is 4.25. The molecule has 1 heterocycles. The zero-order valence-corrected chi connectivity index (χ0v) is 14.8. The molecule has 3 rings (SSSR count). The summed E-state index contributed by atoms with van der Waals surface area (Å²) < 4.78 is 0. The first kappa shape index (κ1) is 17.4. The topological polar surface area (TPSA) is 54.0 Å². The molecule has 2 N–H and O–H groups in total. The number of aromatic nitrogens is 1. The number of nitrogens with zero attached hydrogens (tertiary/aromatic N) is 1. The van der Waals surface area contributed by atoms with Gasteiger partial charge in [0.05, 0.1) is 0 Å². The average Bonchev–Trinajstić information content (AvgIpc) is 2.62. The van der Waals surface area contributed by atoms with Crippen LogP contribution in [0.25, 0.3) is 0 Å². The van der Waals surface area contributed by atoms with Crippen molar-refractivity contribution in [2.45, 2.75) is 64.3 Å². The van der Waals surface area contributed by atoms with Gasteiger partial charge >= 0.3 is 0 Å². The Hall–Kier alpha value is -1.42. The van der Waals surface area contributed by atoms with Crippen LogP contribution >= 0.6 is 0 Å². The second-order valence-corrected chi connectivity index (χ2v) is 7.72. The van der Waals surface area contributed by atoms with Crippen molar-refractivity contribution in [3.05, 3.63) is 24.5 Å². The van der Waals surface area contributed by atoms with Crippen LogP contribution in [0.15, 0.2) is 24.5 Å². The van der Waals surface area contributed by atoms with Crippen LogP contribution in [-0.2, 0) is 4.79 Å². The van der Waals surface area contributed by atoms with Gasteiger partial charge in [-0.3, -0.25) is 9.78 Å². The van der Waals surface area contributed by atoms with Gasteiger partial charge in [0.1, 0.15) is 0 Å². The zero-order chi connectivity index (χ0) is 16.8. The first-order valence-electron chi connectivity index (χ1n) is 9.66. The van der Waals surface area contributed by atoms with Crippen LogP contribution in [0.2, 0.25) is 0 Å². The molecule has 2 aliphatic carbocycles. The third kappa shape index (κ3) is 4.79. The summed E-state index contributed by atoms with van der Waals surface area (Å²) >= 11 is 0. The minimum absolute atomic E-state index is 0.169. The first-order chi connectivity index (χ1) is 11.7. The Morgan fingerprint density at radius 3 is 2.50 bits per heavy atom. The Bertz CT molecular complexity index is 511. The van der Waals surface area contributed by atoms with Gasteiger partial charge in [0.15, 0.2) is 0 Å². The molecule has 4 heteroatoms. The molecule has 2 fully saturated rings. The molecular weight excluding hydrogens is 298 g/mol. The van der Waals surface area contributed by atoms with Gasteiger partial charge in [-0.15, -0.1) is 0 Å². The van der Waals surface area contributed by atoms with E-state index in [1.54, 1.807) is 12.4 Å². The van der Waals surface area contributed by atoms with E-state index in [1.165, 1.54) is 38.5 Å². The Balaban J connectivity index is 1.38. The number of amides is 1. The molecule has 132 valence electrons. The number of carbonyl (C=O) groups is 1. The van der Waals surface area contributed by atoms with Crippen molar-refractivity contribution in [2.75, 3.05) is 11.9 Å². The normalized spacial score (nSPS) is 30.7. The summed E-state index contributed by atoms with van der Waals surface area (Å²) in [6, 6.07) is 4.41. The van der Waals surface area contributed by atoms with Crippen LogP contribution in [0.4, 0.5) is 5.69 Å². The van der Waals surface area contributed by atoms with Crippen molar-refractivity contribution < 1.29 is 4.79 Å². The lowest BCUT2D eigenvalue weighted by Crippen LogP contribution is -2.40. The number of rotatable bonds is 5. The molecule has 4 nitrogen and oxygen atoms in total. The van der Waals surface area contributed by atoms with Gasteiger partial charge in [-0.1, -0.05) is 19.8 Å². The maximum Gasteiger partial charge on any atom is 0.227 e. The van der Waals surface area contributed by atoms with Crippen LogP contribution < -0.4 is 10.6 Å². The molecule has 0 aromatic carbocycles. The number of hydrogen-bond acceptors (Lipinski definition) is 3. The maximum absolute atomic E-state index is 12.4. The fourth-order valence-corrected chi connectivity index (χ4v) is 4.25. The molecule has 24 heavy (non-hydrogen) atoms. The van der Waals surface area contributed by atoms with Gasteiger partial charge in [0.2, 0.25) is 5.91 Å². The van der Waals surface area contributed by atoms with E-state index in [0.717, 1.165) is 36.9 Å². The Morgan fingerprint density at radius 2 is 1.79 bits per heavy atom. The van der Waals surface area contributed by atoms with Crippen LogP contribution in [0.1, 0.15) is 58.3 Å². The number of anilines is 1. The van der Waals surface area contributed by atoms with Crippen molar-refractivity contribution in [2.24, 2.45) is 17.8 Å². The van der Waals surface area contributed by atoms with Crippen LogP contribution in [0, 0.1) is 17.8 Å². The van der Waals surface area contributed by atoms with Crippen molar-refractivity contribution in [1.82, 2.24) is 10.3 Å². The molecule has 0 aliphatic heterocycles. The first-order valence-corrected chi connectivity index (χ1v) is 9.66. The smallest absolute Gasteiger partial charge is 0.227 e. The van der Waals surface area contributed by atoms with Gasteiger partial charge in [0, 0.05) is 30.0 Å². The van der Waals surface area contributed by atoms with Gasteiger partial charge in [-0.2, -0.15) is 0 Å². The van der Waals surface area contributed by atoms with Crippen molar-refractivity contribution in [1.29, 1.82) is 0 Å². The van der Waals surface area contributed by atoms with E-state index >= 15 is 0 Å². The lowest BCUT2D eigenvalue weighted by Gasteiger charge is -2.33. The van der Waals surface area contributed by atoms with Crippen LogP contribution in [0.5, 0.6) is 0 Å². The molecule has 1 aromatic rings. The monoisotopic (exact) mass is 329 g/mol. The van der Waals surface area contributed by atoms with Crippen LogP contribution in [0.3, 0.4) is 0 Å². The highest BCUT2D eigenvalue weighted by atomic mass is 16.1. The average molecular weight is 329 g/mol. The fraction of sp³-hybridized carbons (Fsp3) is 0.700. The third-order valence-electron chi connectivity index (χ3n) is 5.95. The largest absolute Gasteiger partial charge is 0.326 e. The standard InChI is InChI=1S/C20H31N3O/c1-15-4-2-3-5-19(15)22-14-16-6-8-17(9-7-16)20(24)23-18-10-12-21-13-11-18/h10-13,15-17,19,22H,2-9,14H2,1H3,(H,21,23,24)/t15?,16-,17-,19?. The second-order valence-electron chi connectivity index (χ2n) is 7.72. The lowest BCUT2D eigenvalue weighted by atomic mass is 9.80. The Kier molecular flexibility index (Phi) is 6.24. The van der Waals surface area contributed by atoms with Gasteiger partial charge in [-0.25, -0.2) is 0 Å². The molecule has 2 aliphatic rings. The van der Waals surface area contributed by atoms with E-state index < -0.39 is 0 Å². The van der Waals surface area contributed by atoms with Gasteiger partial charge < -0.3 is 10.6 Å². The maximum atomic E-state index is 12.4. The predicted molar refractivity (Wildman–Crippen MR) is 97.7 cm³/mol. The number of nitrogens with one attached hydrogen (secondary N) is 2. The molecule has 0 saturated heterocycles. The molecular formula is C20H31N3O. The minimum atomic E-state index is 0.169. The molecule has 0 radical (unpaired) electrons. The van der Waals surface area contributed by atoms with Gasteiger partial charge in [-0.05, 0) is 69.0 Å². The van der Waals surface area contributed by atoms with E-state index in [0.29, 0.717) is 6.04 Å². The van der Waals surface area contributed by atoms with E-state index in [2.05, 4.69) is 22.5 Å². The van der Waals surface area contributed by atoms with E-state index in [1.807, 2.05) is 12.1 Å². The highest BCUT2D eigenvalue weighted by Crippen LogP contribution is 2.30. The highest BCUT2D eigenvalue weighted by Gasteiger charge is 2.27. The Labute approximate surface area is 145 Å². The number of hydrogen-bond donors (Lipinski definition) is 2. The summed E-state index contributed by atoms with van der Waals surface area (Å²) in [5.74, 6) is 1.90.